The third kappa shape index (κ3) is 3.41. The summed E-state index contributed by atoms with van der Waals surface area (Å²) in [4.78, 5) is 26.2. The summed E-state index contributed by atoms with van der Waals surface area (Å²) in [6, 6.07) is 7.82. The van der Waals surface area contributed by atoms with Crippen LogP contribution < -0.4 is 0 Å². The van der Waals surface area contributed by atoms with E-state index in [2.05, 4.69) is 23.7 Å². The number of benzene rings is 1. The first kappa shape index (κ1) is 16.8. The van der Waals surface area contributed by atoms with Gasteiger partial charge in [-0.15, -0.1) is 0 Å². The second kappa shape index (κ2) is 6.85. The highest BCUT2D eigenvalue weighted by Gasteiger charge is 2.32. The molecule has 1 amide bonds. The zero-order chi connectivity index (χ0) is 17.3. The minimum Gasteiger partial charge on any atom is -0.340 e. The topological polar surface area (TPSA) is 49.3 Å². The van der Waals surface area contributed by atoms with E-state index in [0.717, 1.165) is 42.1 Å². The zero-order valence-electron chi connectivity index (χ0n) is 15.0. The van der Waals surface area contributed by atoms with Crippen LogP contribution in [0.4, 0.5) is 0 Å². The molecule has 0 saturated carbocycles. The van der Waals surface area contributed by atoms with Crippen LogP contribution in [0.1, 0.15) is 32.2 Å². The van der Waals surface area contributed by atoms with Gasteiger partial charge in [0, 0.05) is 26.2 Å². The molecule has 5 nitrogen and oxygen atoms in total. The van der Waals surface area contributed by atoms with E-state index < -0.39 is 0 Å². The van der Waals surface area contributed by atoms with Gasteiger partial charge in [-0.1, -0.05) is 26.0 Å². The Kier molecular flexibility index (Phi) is 4.81. The normalized spacial score (nSPS) is 19.5. The third-order valence-electron chi connectivity index (χ3n) is 4.66. The lowest BCUT2D eigenvalue weighted by Gasteiger charge is -2.39. The smallest absolute Gasteiger partial charge is 0.239 e. The van der Waals surface area contributed by atoms with E-state index in [1.807, 2.05) is 43.0 Å². The van der Waals surface area contributed by atoms with Gasteiger partial charge in [-0.05, 0) is 31.9 Å². The molecule has 1 aliphatic rings. The lowest BCUT2D eigenvalue weighted by atomic mass is 10.1. The second-order valence-corrected chi connectivity index (χ2v) is 7.07. The highest BCUT2D eigenvalue weighted by atomic mass is 16.2. The number of carbonyl (C=O) groups excluding carboxylic acids is 1. The van der Waals surface area contributed by atoms with Crippen molar-refractivity contribution in [1.82, 2.24) is 19.8 Å². The number of rotatable bonds is 4. The number of aromatic nitrogens is 2. The molecule has 0 spiro atoms. The number of nitrogens with zero attached hydrogens (tertiary/aromatic N) is 4. The minimum atomic E-state index is -0.106. The molecular weight excluding hydrogens is 300 g/mol. The van der Waals surface area contributed by atoms with Gasteiger partial charge in [-0.3, -0.25) is 9.69 Å². The Morgan fingerprint density at radius 3 is 2.50 bits per heavy atom. The van der Waals surface area contributed by atoms with E-state index in [-0.39, 0.29) is 11.9 Å². The number of fused-ring (bicyclic) bond motifs is 1. The fraction of sp³-hybridized carbons (Fsp3) is 0.526. The summed E-state index contributed by atoms with van der Waals surface area (Å²) in [6.45, 7) is 11.5. The Balaban J connectivity index is 1.77. The highest BCUT2D eigenvalue weighted by molar-refractivity contribution is 5.82. The lowest BCUT2D eigenvalue weighted by Crippen LogP contribution is -2.56. The van der Waals surface area contributed by atoms with Gasteiger partial charge in [0.2, 0.25) is 5.91 Å². The maximum atomic E-state index is 12.6. The molecule has 3 rings (SSSR count). The Morgan fingerprint density at radius 2 is 1.83 bits per heavy atom. The fourth-order valence-corrected chi connectivity index (χ4v) is 3.28. The average Bonchev–Trinajstić information content (AvgIpc) is 2.54. The number of piperazine rings is 1. The predicted octanol–water partition coefficient (Wildman–Crippen LogP) is 2.63. The van der Waals surface area contributed by atoms with E-state index in [1.165, 1.54) is 0 Å². The van der Waals surface area contributed by atoms with Gasteiger partial charge >= 0.3 is 0 Å². The Bertz CT molecular complexity index is 743. The molecule has 0 bridgehead atoms. The van der Waals surface area contributed by atoms with E-state index in [4.69, 9.17) is 4.98 Å². The summed E-state index contributed by atoms with van der Waals surface area (Å²) in [5, 5.41) is 0. The molecule has 24 heavy (non-hydrogen) atoms. The first-order valence-electron chi connectivity index (χ1n) is 8.71. The summed E-state index contributed by atoms with van der Waals surface area (Å²) in [5.41, 5.74) is 3.74. The van der Waals surface area contributed by atoms with Crippen LogP contribution in [0.2, 0.25) is 0 Å². The van der Waals surface area contributed by atoms with Crippen LogP contribution in [0.15, 0.2) is 24.3 Å². The summed E-state index contributed by atoms with van der Waals surface area (Å²) in [5.74, 6) is 0.725. The fourth-order valence-electron chi connectivity index (χ4n) is 3.28. The monoisotopic (exact) mass is 326 g/mol. The molecule has 0 aliphatic carbocycles. The van der Waals surface area contributed by atoms with E-state index in [9.17, 15) is 4.79 Å². The molecule has 5 heteroatoms. The summed E-state index contributed by atoms with van der Waals surface area (Å²) >= 11 is 0. The number of para-hydroxylation sites is 2. The van der Waals surface area contributed by atoms with Crippen LogP contribution in [0.5, 0.6) is 0 Å². The molecule has 1 aliphatic heterocycles. The molecule has 2 heterocycles. The molecule has 1 aromatic carbocycles. The molecule has 1 aromatic heterocycles. The van der Waals surface area contributed by atoms with E-state index in [1.54, 1.807) is 0 Å². The van der Waals surface area contributed by atoms with E-state index in [0.29, 0.717) is 12.5 Å². The first-order valence-corrected chi connectivity index (χ1v) is 8.71. The number of carbonyl (C=O) groups is 1. The Morgan fingerprint density at radius 1 is 1.17 bits per heavy atom. The largest absolute Gasteiger partial charge is 0.340 e. The molecule has 1 fully saturated rings. The van der Waals surface area contributed by atoms with Gasteiger partial charge in [0.15, 0.2) is 0 Å². The van der Waals surface area contributed by atoms with Crippen molar-refractivity contribution in [3.05, 3.63) is 35.7 Å². The Labute approximate surface area is 143 Å². The molecule has 2 aromatic rings. The SMILES string of the molecule is Cc1nc2ccccc2nc1CN1CCN(CC(C)C)C(=O)[C@H]1C. The van der Waals surface area contributed by atoms with Crippen LogP contribution >= 0.6 is 0 Å². The van der Waals surface area contributed by atoms with Gasteiger partial charge in [-0.25, -0.2) is 9.97 Å². The highest BCUT2D eigenvalue weighted by Crippen LogP contribution is 2.18. The lowest BCUT2D eigenvalue weighted by molar-refractivity contribution is -0.142. The van der Waals surface area contributed by atoms with Gasteiger partial charge in [0.25, 0.3) is 0 Å². The first-order chi connectivity index (χ1) is 11.5. The van der Waals surface area contributed by atoms with E-state index >= 15 is 0 Å². The van der Waals surface area contributed by atoms with Crippen LogP contribution in [0.3, 0.4) is 0 Å². The van der Waals surface area contributed by atoms with Crippen molar-refractivity contribution >= 4 is 16.9 Å². The maximum absolute atomic E-state index is 12.6. The standard InChI is InChI=1S/C19H26N4O/c1-13(2)11-23-10-9-22(15(4)19(23)24)12-18-14(3)20-16-7-5-6-8-17(16)21-18/h5-8,13,15H,9-12H2,1-4H3/t15-/m1/s1. The van der Waals surface area contributed by atoms with Gasteiger partial charge in [0.05, 0.1) is 28.5 Å². The summed E-state index contributed by atoms with van der Waals surface area (Å²) in [7, 11) is 0. The minimum absolute atomic E-state index is 0.106. The van der Waals surface area contributed by atoms with Gasteiger partial charge < -0.3 is 4.90 Å². The zero-order valence-corrected chi connectivity index (χ0v) is 15.0. The summed E-state index contributed by atoms with van der Waals surface area (Å²) < 4.78 is 0. The Hall–Kier alpha value is -2.01. The number of aryl methyl sites for hydroxylation is 1. The molecule has 0 unspecified atom stereocenters. The third-order valence-corrected chi connectivity index (χ3v) is 4.66. The van der Waals surface area contributed by atoms with Crippen molar-refractivity contribution < 1.29 is 4.79 Å². The van der Waals surface area contributed by atoms with Crippen molar-refractivity contribution in [1.29, 1.82) is 0 Å². The average molecular weight is 326 g/mol. The molecule has 1 atom stereocenters. The van der Waals surface area contributed by atoms with Crippen molar-refractivity contribution in [3.8, 4) is 0 Å². The van der Waals surface area contributed by atoms with Crippen LogP contribution in [0, 0.1) is 12.8 Å². The number of hydrogen-bond acceptors (Lipinski definition) is 4. The summed E-state index contributed by atoms with van der Waals surface area (Å²) in [6.07, 6.45) is 0. The van der Waals surface area contributed by atoms with Crippen LogP contribution in [-0.4, -0.2) is 51.4 Å². The van der Waals surface area contributed by atoms with Crippen molar-refractivity contribution in [2.45, 2.75) is 40.3 Å². The molecule has 1 saturated heterocycles. The second-order valence-electron chi connectivity index (χ2n) is 7.07. The molecule has 0 N–H and O–H groups in total. The van der Waals surface area contributed by atoms with Crippen molar-refractivity contribution in [2.24, 2.45) is 5.92 Å². The van der Waals surface area contributed by atoms with Crippen molar-refractivity contribution in [2.75, 3.05) is 19.6 Å². The number of amides is 1. The molecular formula is C19H26N4O. The predicted molar refractivity (Wildman–Crippen MR) is 95.6 cm³/mol. The van der Waals surface area contributed by atoms with Crippen LogP contribution in [0.25, 0.3) is 11.0 Å². The molecule has 128 valence electrons. The number of hydrogen-bond donors (Lipinski definition) is 0. The maximum Gasteiger partial charge on any atom is 0.239 e. The van der Waals surface area contributed by atoms with Crippen LogP contribution in [-0.2, 0) is 11.3 Å². The van der Waals surface area contributed by atoms with Gasteiger partial charge in [0.1, 0.15) is 0 Å². The van der Waals surface area contributed by atoms with Gasteiger partial charge in [-0.2, -0.15) is 0 Å². The molecule has 0 radical (unpaired) electrons. The van der Waals surface area contributed by atoms with Crippen molar-refractivity contribution in [3.63, 3.8) is 0 Å². The quantitative estimate of drug-likeness (QED) is 0.867.